The quantitative estimate of drug-likeness (QED) is 0.574. The summed E-state index contributed by atoms with van der Waals surface area (Å²) in [4.78, 5) is 29.7. The van der Waals surface area contributed by atoms with Gasteiger partial charge in [-0.25, -0.2) is 0 Å². The van der Waals surface area contributed by atoms with Gasteiger partial charge in [-0.1, -0.05) is 36.4 Å². The number of primary amides is 1. The van der Waals surface area contributed by atoms with E-state index in [1.54, 1.807) is 67.0 Å². The minimum atomic E-state index is -0.616. The number of aromatic nitrogens is 2. The Bertz CT molecular complexity index is 1350. The van der Waals surface area contributed by atoms with Crippen LogP contribution in [0.4, 0.5) is 0 Å². The predicted molar refractivity (Wildman–Crippen MR) is 114 cm³/mol. The maximum absolute atomic E-state index is 13.4. The van der Waals surface area contributed by atoms with Crippen molar-refractivity contribution in [1.29, 1.82) is 5.26 Å². The van der Waals surface area contributed by atoms with E-state index < -0.39 is 5.91 Å². The van der Waals surface area contributed by atoms with Crippen LogP contribution in [0, 0.1) is 11.3 Å². The Hall–Kier alpha value is -4.50. The molecule has 0 radical (unpaired) electrons. The van der Waals surface area contributed by atoms with E-state index in [2.05, 4.69) is 11.1 Å². The van der Waals surface area contributed by atoms with Crippen LogP contribution in [-0.2, 0) is 0 Å². The van der Waals surface area contributed by atoms with Crippen molar-refractivity contribution in [3.63, 3.8) is 0 Å². The van der Waals surface area contributed by atoms with Gasteiger partial charge in [0.2, 0.25) is 0 Å². The van der Waals surface area contributed by atoms with Crippen LogP contribution in [0.3, 0.4) is 0 Å². The van der Waals surface area contributed by atoms with E-state index in [4.69, 9.17) is 5.73 Å². The van der Waals surface area contributed by atoms with E-state index >= 15 is 0 Å². The van der Waals surface area contributed by atoms with E-state index in [1.807, 2.05) is 18.2 Å². The SMILES string of the molecule is N#Cc1ccccc1-c1cc(-c2ncccc2C(N)=O)cn(-c2ccccc2)c1=O. The molecule has 0 bridgehead atoms. The number of carbonyl (C=O) groups excluding carboxylic acids is 1. The average molecular weight is 392 g/mol. The Morgan fingerprint density at radius 1 is 0.967 bits per heavy atom. The number of rotatable bonds is 4. The zero-order chi connectivity index (χ0) is 21.1. The van der Waals surface area contributed by atoms with Crippen molar-refractivity contribution in [3.8, 4) is 34.1 Å². The lowest BCUT2D eigenvalue weighted by Crippen LogP contribution is -2.21. The fraction of sp³-hybridized carbons (Fsp3) is 0. The second-order valence-corrected chi connectivity index (χ2v) is 6.57. The molecule has 6 nitrogen and oxygen atoms in total. The van der Waals surface area contributed by atoms with Crippen molar-refractivity contribution in [1.82, 2.24) is 9.55 Å². The summed E-state index contributed by atoms with van der Waals surface area (Å²) >= 11 is 0. The first-order chi connectivity index (χ1) is 14.6. The zero-order valence-electron chi connectivity index (χ0n) is 15.8. The number of nitriles is 1. The van der Waals surface area contributed by atoms with Gasteiger partial charge in [0, 0.05) is 34.8 Å². The minimum absolute atomic E-state index is 0.246. The van der Waals surface area contributed by atoms with Gasteiger partial charge in [-0.05, 0) is 36.4 Å². The van der Waals surface area contributed by atoms with Gasteiger partial charge in [0.1, 0.15) is 0 Å². The second-order valence-electron chi connectivity index (χ2n) is 6.57. The highest BCUT2D eigenvalue weighted by Gasteiger charge is 2.17. The van der Waals surface area contributed by atoms with Gasteiger partial charge in [-0.15, -0.1) is 0 Å². The van der Waals surface area contributed by atoms with E-state index in [1.165, 1.54) is 4.57 Å². The first-order valence-corrected chi connectivity index (χ1v) is 9.17. The number of nitrogens with zero attached hydrogens (tertiary/aromatic N) is 3. The molecule has 6 heteroatoms. The van der Waals surface area contributed by atoms with Gasteiger partial charge in [0.05, 0.1) is 22.9 Å². The second kappa shape index (κ2) is 7.86. The minimum Gasteiger partial charge on any atom is -0.366 e. The smallest absolute Gasteiger partial charge is 0.263 e. The number of pyridine rings is 2. The molecule has 0 spiro atoms. The Balaban J connectivity index is 2.08. The summed E-state index contributed by atoms with van der Waals surface area (Å²) in [5, 5.41) is 9.53. The normalized spacial score (nSPS) is 10.4. The highest BCUT2D eigenvalue weighted by molar-refractivity contribution is 5.99. The Morgan fingerprint density at radius 2 is 1.70 bits per heavy atom. The molecule has 30 heavy (non-hydrogen) atoms. The van der Waals surface area contributed by atoms with Gasteiger partial charge in [0.15, 0.2) is 0 Å². The van der Waals surface area contributed by atoms with Gasteiger partial charge in [-0.2, -0.15) is 5.26 Å². The number of para-hydroxylation sites is 1. The molecule has 2 N–H and O–H groups in total. The monoisotopic (exact) mass is 392 g/mol. The number of amides is 1. The molecule has 4 aromatic rings. The van der Waals surface area contributed by atoms with Crippen LogP contribution in [0.5, 0.6) is 0 Å². The molecule has 0 aliphatic carbocycles. The maximum Gasteiger partial charge on any atom is 0.263 e. The molecule has 4 rings (SSSR count). The zero-order valence-corrected chi connectivity index (χ0v) is 15.8. The van der Waals surface area contributed by atoms with Crippen molar-refractivity contribution < 1.29 is 4.79 Å². The molecular formula is C24H16N4O2. The molecule has 144 valence electrons. The summed E-state index contributed by atoms with van der Waals surface area (Å²) in [5.74, 6) is -0.616. The molecule has 0 atom stereocenters. The standard InChI is InChI=1S/C24H16N4O2/c25-14-16-7-4-5-10-19(16)21-13-17(22-20(23(26)29)11-6-12-27-22)15-28(24(21)30)18-8-2-1-3-9-18/h1-13,15H,(H2,26,29). The summed E-state index contributed by atoms with van der Waals surface area (Å²) in [5.41, 5.74) is 8.26. The van der Waals surface area contributed by atoms with Crippen LogP contribution in [0.15, 0.2) is 90.0 Å². The van der Waals surface area contributed by atoms with Gasteiger partial charge in [-0.3, -0.25) is 19.1 Å². The van der Waals surface area contributed by atoms with E-state index in [0.29, 0.717) is 33.6 Å². The summed E-state index contributed by atoms with van der Waals surface area (Å²) in [6.45, 7) is 0. The largest absolute Gasteiger partial charge is 0.366 e. The molecule has 2 heterocycles. The van der Waals surface area contributed by atoms with Crippen molar-refractivity contribution in [2.45, 2.75) is 0 Å². The van der Waals surface area contributed by atoms with Gasteiger partial charge < -0.3 is 5.73 Å². The van der Waals surface area contributed by atoms with Gasteiger partial charge in [0.25, 0.3) is 11.5 Å². The third kappa shape index (κ3) is 3.36. The molecule has 2 aromatic heterocycles. The van der Waals surface area contributed by atoms with Gasteiger partial charge >= 0.3 is 0 Å². The number of nitrogens with two attached hydrogens (primary N) is 1. The molecule has 0 unspecified atom stereocenters. The summed E-state index contributed by atoms with van der Waals surface area (Å²) in [6.07, 6.45) is 3.19. The van der Waals surface area contributed by atoms with Crippen LogP contribution in [0.2, 0.25) is 0 Å². The van der Waals surface area contributed by atoms with Crippen LogP contribution in [-0.4, -0.2) is 15.5 Å². The lowest BCUT2D eigenvalue weighted by molar-refractivity contribution is 0.100. The van der Waals surface area contributed by atoms with E-state index in [-0.39, 0.29) is 11.1 Å². The Labute approximate surface area is 172 Å². The van der Waals surface area contributed by atoms with Crippen molar-refractivity contribution in [2.75, 3.05) is 0 Å². The fourth-order valence-corrected chi connectivity index (χ4v) is 3.33. The molecular weight excluding hydrogens is 376 g/mol. The summed E-state index contributed by atoms with van der Waals surface area (Å²) < 4.78 is 1.48. The van der Waals surface area contributed by atoms with Crippen LogP contribution in [0.25, 0.3) is 28.1 Å². The highest BCUT2D eigenvalue weighted by Crippen LogP contribution is 2.27. The van der Waals surface area contributed by atoms with Crippen molar-refractivity contribution in [3.05, 3.63) is 107 Å². The summed E-state index contributed by atoms with van der Waals surface area (Å²) in [7, 11) is 0. The number of hydrogen-bond acceptors (Lipinski definition) is 4. The van der Waals surface area contributed by atoms with Crippen molar-refractivity contribution in [2.24, 2.45) is 5.73 Å². The highest BCUT2D eigenvalue weighted by atomic mass is 16.1. The maximum atomic E-state index is 13.4. The first kappa shape index (κ1) is 18.8. The summed E-state index contributed by atoms with van der Waals surface area (Å²) in [6, 6.07) is 23.0. The van der Waals surface area contributed by atoms with E-state index in [0.717, 1.165) is 0 Å². The topological polar surface area (TPSA) is 102 Å². The lowest BCUT2D eigenvalue weighted by atomic mass is 9.98. The lowest BCUT2D eigenvalue weighted by Gasteiger charge is -2.14. The third-order valence-corrected chi connectivity index (χ3v) is 4.74. The molecule has 0 aliphatic rings. The average Bonchev–Trinajstić information content (AvgIpc) is 2.80. The number of carbonyl (C=O) groups is 1. The molecule has 0 aliphatic heterocycles. The molecule has 0 saturated carbocycles. The number of hydrogen-bond donors (Lipinski definition) is 1. The Morgan fingerprint density at radius 3 is 2.43 bits per heavy atom. The molecule has 0 fully saturated rings. The molecule has 1 amide bonds. The first-order valence-electron chi connectivity index (χ1n) is 9.17. The van der Waals surface area contributed by atoms with Crippen LogP contribution in [0.1, 0.15) is 15.9 Å². The molecule has 0 saturated heterocycles. The molecule has 2 aromatic carbocycles. The van der Waals surface area contributed by atoms with Crippen LogP contribution >= 0.6 is 0 Å². The van der Waals surface area contributed by atoms with Crippen LogP contribution < -0.4 is 11.3 Å². The van der Waals surface area contributed by atoms with E-state index in [9.17, 15) is 14.9 Å². The third-order valence-electron chi connectivity index (χ3n) is 4.74. The Kier molecular flexibility index (Phi) is 4.93. The fourth-order valence-electron chi connectivity index (χ4n) is 3.33. The predicted octanol–water partition coefficient (Wildman–Crippen LogP) is 3.54. The number of benzene rings is 2. The van der Waals surface area contributed by atoms with Crippen molar-refractivity contribution >= 4 is 5.91 Å².